The lowest BCUT2D eigenvalue weighted by molar-refractivity contribution is 0.561. The Bertz CT molecular complexity index is 84.5. The summed E-state index contributed by atoms with van der Waals surface area (Å²) in [6, 6.07) is 0. The van der Waals surface area contributed by atoms with Crippen molar-refractivity contribution < 1.29 is 0 Å². The zero-order chi connectivity index (χ0) is 10.5. The molecule has 0 fully saturated rings. The molecule has 0 aliphatic heterocycles. The standard InChI is InChI=1S/C11H27N3/c1-2-3-4-5-6-8-13-9-7-10-14-11-12/h13-14H,2-12H2,1H3. The van der Waals surface area contributed by atoms with Gasteiger partial charge in [-0.05, 0) is 32.5 Å². The topological polar surface area (TPSA) is 50.1 Å². The highest BCUT2D eigenvalue weighted by Crippen LogP contribution is 2.00. The molecule has 3 heteroatoms. The van der Waals surface area contributed by atoms with Gasteiger partial charge in [0.25, 0.3) is 0 Å². The second-order valence-electron chi connectivity index (χ2n) is 3.72. The maximum atomic E-state index is 5.31. The van der Waals surface area contributed by atoms with Gasteiger partial charge in [0.05, 0.1) is 0 Å². The predicted molar refractivity (Wildman–Crippen MR) is 63.3 cm³/mol. The Labute approximate surface area is 88.8 Å². The molecule has 0 aromatic heterocycles. The van der Waals surface area contributed by atoms with E-state index >= 15 is 0 Å². The first-order valence-electron chi connectivity index (χ1n) is 6.03. The Morgan fingerprint density at radius 1 is 0.786 bits per heavy atom. The third kappa shape index (κ3) is 11.9. The SMILES string of the molecule is CCCCCCCNCCCNCN. The van der Waals surface area contributed by atoms with Crippen molar-refractivity contribution in [1.29, 1.82) is 0 Å². The zero-order valence-corrected chi connectivity index (χ0v) is 9.65. The lowest BCUT2D eigenvalue weighted by atomic mass is 10.1. The van der Waals surface area contributed by atoms with E-state index in [1.165, 1.54) is 45.1 Å². The first-order chi connectivity index (χ1) is 6.91. The van der Waals surface area contributed by atoms with Crippen molar-refractivity contribution in [3.05, 3.63) is 0 Å². The van der Waals surface area contributed by atoms with Gasteiger partial charge in [0.1, 0.15) is 0 Å². The van der Waals surface area contributed by atoms with Crippen LogP contribution >= 0.6 is 0 Å². The molecule has 14 heavy (non-hydrogen) atoms. The number of hydrogen-bond acceptors (Lipinski definition) is 3. The molecule has 0 radical (unpaired) electrons. The normalized spacial score (nSPS) is 10.7. The zero-order valence-electron chi connectivity index (χ0n) is 9.65. The number of unbranched alkanes of at least 4 members (excludes halogenated alkanes) is 4. The summed E-state index contributed by atoms with van der Waals surface area (Å²) in [7, 11) is 0. The molecular formula is C11H27N3. The van der Waals surface area contributed by atoms with Gasteiger partial charge in [-0.25, -0.2) is 0 Å². The molecule has 0 heterocycles. The summed E-state index contributed by atoms with van der Waals surface area (Å²) in [5, 5.41) is 6.55. The summed E-state index contributed by atoms with van der Waals surface area (Å²) in [5.41, 5.74) is 5.31. The summed E-state index contributed by atoms with van der Waals surface area (Å²) in [6.07, 6.45) is 7.99. The largest absolute Gasteiger partial charge is 0.318 e. The van der Waals surface area contributed by atoms with Crippen molar-refractivity contribution in [2.24, 2.45) is 5.73 Å². The Hall–Kier alpha value is -0.120. The predicted octanol–water partition coefficient (Wildman–Crippen LogP) is 1.44. The van der Waals surface area contributed by atoms with Crippen molar-refractivity contribution in [2.45, 2.75) is 45.4 Å². The van der Waals surface area contributed by atoms with Crippen molar-refractivity contribution in [1.82, 2.24) is 10.6 Å². The van der Waals surface area contributed by atoms with E-state index in [1.807, 2.05) is 0 Å². The molecule has 0 aromatic carbocycles. The van der Waals surface area contributed by atoms with E-state index in [4.69, 9.17) is 5.73 Å². The van der Waals surface area contributed by atoms with E-state index in [2.05, 4.69) is 17.6 Å². The molecule has 4 N–H and O–H groups in total. The number of hydrogen-bond donors (Lipinski definition) is 3. The van der Waals surface area contributed by atoms with E-state index in [1.54, 1.807) is 0 Å². The Morgan fingerprint density at radius 2 is 1.43 bits per heavy atom. The third-order valence-corrected chi connectivity index (χ3v) is 2.31. The second kappa shape index (κ2) is 12.9. The van der Waals surface area contributed by atoms with Crippen LogP contribution in [0.3, 0.4) is 0 Å². The lowest BCUT2D eigenvalue weighted by Gasteiger charge is -2.04. The van der Waals surface area contributed by atoms with Crippen molar-refractivity contribution >= 4 is 0 Å². The molecule has 0 aliphatic rings. The highest BCUT2D eigenvalue weighted by molar-refractivity contribution is 4.51. The molecule has 0 saturated heterocycles. The smallest absolute Gasteiger partial charge is 0.0428 e. The fourth-order valence-corrected chi connectivity index (χ4v) is 1.42. The summed E-state index contributed by atoms with van der Waals surface area (Å²) in [5.74, 6) is 0. The Morgan fingerprint density at radius 3 is 2.14 bits per heavy atom. The summed E-state index contributed by atoms with van der Waals surface area (Å²) in [6.45, 7) is 6.16. The molecule has 0 unspecified atom stereocenters. The molecule has 0 spiro atoms. The van der Waals surface area contributed by atoms with Crippen LogP contribution in [0.2, 0.25) is 0 Å². The van der Waals surface area contributed by atoms with E-state index in [-0.39, 0.29) is 0 Å². The molecule has 0 aliphatic carbocycles. The van der Waals surface area contributed by atoms with Crippen LogP contribution in [0.15, 0.2) is 0 Å². The minimum absolute atomic E-state index is 0.594. The molecule has 86 valence electrons. The highest BCUT2D eigenvalue weighted by Gasteiger charge is 1.89. The molecule has 0 aromatic rings. The van der Waals surface area contributed by atoms with Crippen molar-refractivity contribution in [2.75, 3.05) is 26.3 Å². The van der Waals surface area contributed by atoms with Crippen molar-refractivity contribution in [3.8, 4) is 0 Å². The fourth-order valence-electron chi connectivity index (χ4n) is 1.42. The van der Waals surface area contributed by atoms with Gasteiger partial charge in [-0.15, -0.1) is 0 Å². The Balaban J connectivity index is 2.78. The maximum Gasteiger partial charge on any atom is 0.0428 e. The van der Waals surface area contributed by atoms with Crippen LogP contribution in [0.25, 0.3) is 0 Å². The maximum absolute atomic E-state index is 5.31. The third-order valence-electron chi connectivity index (χ3n) is 2.31. The van der Waals surface area contributed by atoms with E-state index in [0.29, 0.717) is 6.67 Å². The summed E-state index contributed by atoms with van der Waals surface area (Å²) >= 11 is 0. The van der Waals surface area contributed by atoms with Gasteiger partial charge in [-0.3, -0.25) is 0 Å². The van der Waals surface area contributed by atoms with Crippen LogP contribution < -0.4 is 16.4 Å². The molecule has 0 amide bonds. The molecule has 0 rings (SSSR count). The second-order valence-corrected chi connectivity index (χ2v) is 3.72. The summed E-state index contributed by atoms with van der Waals surface area (Å²) in [4.78, 5) is 0. The van der Waals surface area contributed by atoms with Gasteiger partial charge in [0.15, 0.2) is 0 Å². The van der Waals surface area contributed by atoms with Gasteiger partial charge < -0.3 is 16.4 Å². The minimum atomic E-state index is 0.594. The fraction of sp³-hybridized carbons (Fsp3) is 1.00. The first kappa shape index (κ1) is 13.9. The van der Waals surface area contributed by atoms with Gasteiger partial charge >= 0.3 is 0 Å². The van der Waals surface area contributed by atoms with Gasteiger partial charge in [-0.2, -0.15) is 0 Å². The lowest BCUT2D eigenvalue weighted by Crippen LogP contribution is -2.26. The number of nitrogens with one attached hydrogen (secondary N) is 2. The van der Waals surface area contributed by atoms with Crippen LogP contribution in [-0.4, -0.2) is 26.3 Å². The molecule has 0 atom stereocenters. The average Bonchev–Trinajstić information content (AvgIpc) is 2.21. The van der Waals surface area contributed by atoms with Gasteiger partial charge in [-0.1, -0.05) is 32.6 Å². The Kier molecular flexibility index (Phi) is 12.8. The molecule has 0 saturated carbocycles. The monoisotopic (exact) mass is 201 g/mol. The van der Waals surface area contributed by atoms with Crippen LogP contribution in [0, 0.1) is 0 Å². The molecule has 0 bridgehead atoms. The quantitative estimate of drug-likeness (QED) is 0.350. The van der Waals surface area contributed by atoms with E-state index in [9.17, 15) is 0 Å². The van der Waals surface area contributed by atoms with Crippen LogP contribution in [0.4, 0.5) is 0 Å². The number of nitrogens with two attached hydrogens (primary N) is 1. The van der Waals surface area contributed by atoms with Gasteiger partial charge in [0.2, 0.25) is 0 Å². The van der Waals surface area contributed by atoms with Gasteiger partial charge in [0, 0.05) is 6.67 Å². The van der Waals surface area contributed by atoms with Crippen LogP contribution in [0.1, 0.15) is 45.4 Å². The molecule has 3 nitrogen and oxygen atoms in total. The van der Waals surface area contributed by atoms with Crippen LogP contribution in [0.5, 0.6) is 0 Å². The first-order valence-corrected chi connectivity index (χ1v) is 6.03. The minimum Gasteiger partial charge on any atom is -0.318 e. The van der Waals surface area contributed by atoms with E-state index in [0.717, 1.165) is 13.1 Å². The number of rotatable bonds is 11. The van der Waals surface area contributed by atoms with Crippen molar-refractivity contribution in [3.63, 3.8) is 0 Å². The molecular weight excluding hydrogens is 174 g/mol. The average molecular weight is 201 g/mol. The highest BCUT2D eigenvalue weighted by atomic mass is 15.0. The summed E-state index contributed by atoms with van der Waals surface area (Å²) < 4.78 is 0. The van der Waals surface area contributed by atoms with E-state index < -0.39 is 0 Å². The van der Waals surface area contributed by atoms with Crippen LogP contribution in [-0.2, 0) is 0 Å².